The van der Waals surface area contributed by atoms with Crippen LogP contribution in [0.3, 0.4) is 0 Å². The summed E-state index contributed by atoms with van der Waals surface area (Å²) in [6, 6.07) is 4.06. The molecule has 1 aliphatic rings. The van der Waals surface area contributed by atoms with Gasteiger partial charge in [-0.25, -0.2) is 18.6 Å². The highest BCUT2D eigenvalue weighted by molar-refractivity contribution is 5.73. The minimum Gasteiger partial charge on any atom is -0.475 e. The van der Waals surface area contributed by atoms with Crippen LogP contribution in [0, 0.1) is 0 Å². The Hall–Kier alpha value is -3.13. The van der Waals surface area contributed by atoms with E-state index in [-0.39, 0.29) is 18.7 Å². The molecule has 14 heteroatoms. The number of carboxylic acid groups (broad SMARTS) is 1. The number of nitrogens with one attached hydrogen (secondary N) is 2. The first-order valence-corrected chi connectivity index (χ1v) is 12.6. The zero-order chi connectivity index (χ0) is 29.0. The standard InChI is InChI=1S/C23H34F2N6O.C2HF3O2/c1-3-17(25)13-27-23-28-14-20(22(30-23)29-18-4-6-19(32)7-5-18)21-12-16(8-10-26-21)15-31(2)11-9-24;3-2(4,5)1(6)7/h8,10,12,14,17-19,32H,3-7,9,11,13,15H2,1-2H3,(H2,27,28,29,30);(H,6,7)/t17-,18?,19?;/m0./s1. The number of aliphatic hydroxyl groups is 1. The summed E-state index contributed by atoms with van der Waals surface area (Å²) in [5, 5.41) is 23.4. The van der Waals surface area contributed by atoms with E-state index in [2.05, 4.69) is 25.6 Å². The molecule has 3 rings (SSSR count). The molecular weight excluding hydrogens is 527 g/mol. The largest absolute Gasteiger partial charge is 0.490 e. The summed E-state index contributed by atoms with van der Waals surface area (Å²) in [5.74, 6) is -1.76. The molecule has 2 heterocycles. The summed E-state index contributed by atoms with van der Waals surface area (Å²) in [7, 11) is 1.88. The number of aliphatic carboxylic acids is 1. The van der Waals surface area contributed by atoms with Crippen LogP contribution in [0.15, 0.2) is 24.5 Å². The van der Waals surface area contributed by atoms with Crippen LogP contribution >= 0.6 is 0 Å². The predicted octanol–water partition coefficient (Wildman–Crippen LogP) is 4.45. The minimum absolute atomic E-state index is 0.152. The SMILES string of the molecule is CC[C@H](F)CNc1ncc(-c2cc(CN(C)CCF)ccn2)c(NC2CCC(O)CC2)n1.O=C(O)C(F)(F)F. The lowest BCUT2D eigenvalue weighted by molar-refractivity contribution is -0.192. The van der Waals surface area contributed by atoms with Gasteiger partial charge in [-0.3, -0.25) is 9.88 Å². The van der Waals surface area contributed by atoms with Crippen LogP contribution in [0.4, 0.5) is 33.7 Å². The average molecular weight is 563 g/mol. The van der Waals surface area contributed by atoms with Crippen LogP contribution in [0.25, 0.3) is 11.3 Å². The minimum atomic E-state index is -5.08. The van der Waals surface area contributed by atoms with Gasteiger partial charge in [-0.05, 0) is 56.8 Å². The number of anilines is 2. The molecule has 2 aromatic heterocycles. The molecule has 1 fully saturated rings. The maximum atomic E-state index is 13.7. The van der Waals surface area contributed by atoms with E-state index in [1.807, 2.05) is 24.1 Å². The van der Waals surface area contributed by atoms with Gasteiger partial charge < -0.3 is 20.8 Å². The molecule has 2 aromatic rings. The van der Waals surface area contributed by atoms with Gasteiger partial charge in [0, 0.05) is 38.1 Å². The maximum Gasteiger partial charge on any atom is 0.490 e. The lowest BCUT2D eigenvalue weighted by atomic mass is 9.93. The molecule has 0 bridgehead atoms. The third-order valence-electron chi connectivity index (χ3n) is 6.01. The molecule has 0 unspecified atom stereocenters. The maximum absolute atomic E-state index is 13.7. The molecule has 9 nitrogen and oxygen atoms in total. The number of aromatic nitrogens is 3. The molecule has 0 aliphatic heterocycles. The molecule has 39 heavy (non-hydrogen) atoms. The number of nitrogens with zero attached hydrogens (tertiary/aromatic N) is 4. The zero-order valence-electron chi connectivity index (χ0n) is 21.9. The Labute approximate surface area is 223 Å². The van der Waals surface area contributed by atoms with Crippen molar-refractivity contribution in [2.45, 2.75) is 70.1 Å². The number of hydrogen-bond donors (Lipinski definition) is 4. The molecule has 1 aliphatic carbocycles. The van der Waals surface area contributed by atoms with E-state index in [1.54, 1.807) is 19.3 Å². The molecule has 0 saturated heterocycles. The highest BCUT2D eigenvalue weighted by Crippen LogP contribution is 2.29. The van der Waals surface area contributed by atoms with Crippen molar-refractivity contribution in [1.82, 2.24) is 19.9 Å². The molecule has 1 atom stereocenters. The Balaban J connectivity index is 0.000000673. The van der Waals surface area contributed by atoms with Crippen LogP contribution in [-0.4, -0.2) is 87.3 Å². The number of alkyl halides is 5. The van der Waals surface area contributed by atoms with E-state index in [9.17, 15) is 27.1 Å². The van der Waals surface area contributed by atoms with E-state index in [4.69, 9.17) is 9.90 Å². The number of halogens is 5. The number of carbonyl (C=O) groups is 1. The molecule has 0 spiro atoms. The first-order valence-electron chi connectivity index (χ1n) is 12.6. The van der Waals surface area contributed by atoms with Gasteiger partial charge in [-0.2, -0.15) is 18.2 Å². The van der Waals surface area contributed by atoms with Crippen molar-refractivity contribution < 1.29 is 37.0 Å². The van der Waals surface area contributed by atoms with Crippen molar-refractivity contribution in [3.63, 3.8) is 0 Å². The van der Waals surface area contributed by atoms with E-state index in [1.165, 1.54) is 0 Å². The summed E-state index contributed by atoms with van der Waals surface area (Å²) in [5.41, 5.74) is 2.49. The molecule has 0 aromatic carbocycles. The molecule has 0 radical (unpaired) electrons. The highest BCUT2D eigenvalue weighted by Gasteiger charge is 2.38. The van der Waals surface area contributed by atoms with E-state index in [0.717, 1.165) is 42.5 Å². The third kappa shape index (κ3) is 11.2. The van der Waals surface area contributed by atoms with Gasteiger partial charge in [0.15, 0.2) is 0 Å². The first-order chi connectivity index (χ1) is 18.4. The summed E-state index contributed by atoms with van der Waals surface area (Å²) < 4.78 is 58.1. The van der Waals surface area contributed by atoms with Gasteiger partial charge >= 0.3 is 12.1 Å². The first kappa shape index (κ1) is 32.1. The number of rotatable bonds is 11. The Kier molecular flexibility index (Phi) is 12.7. The Morgan fingerprint density at radius 2 is 1.90 bits per heavy atom. The summed E-state index contributed by atoms with van der Waals surface area (Å²) in [6.45, 7) is 2.54. The van der Waals surface area contributed by atoms with Crippen molar-refractivity contribution in [2.24, 2.45) is 0 Å². The fourth-order valence-corrected chi connectivity index (χ4v) is 3.78. The van der Waals surface area contributed by atoms with Crippen LogP contribution in [0.5, 0.6) is 0 Å². The fourth-order valence-electron chi connectivity index (χ4n) is 3.78. The van der Waals surface area contributed by atoms with Crippen LogP contribution in [-0.2, 0) is 11.3 Å². The second kappa shape index (κ2) is 15.5. The summed E-state index contributed by atoms with van der Waals surface area (Å²) >= 11 is 0. The van der Waals surface area contributed by atoms with Crippen LogP contribution in [0.2, 0.25) is 0 Å². The predicted molar refractivity (Wildman–Crippen MR) is 137 cm³/mol. The lowest BCUT2D eigenvalue weighted by Gasteiger charge is -2.27. The second-order valence-electron chi connectivity index (χ2n) is 9.27. The Morgan fingerprint density at radius 3 is 2.49 bits per heavy atom. The van der Waals surface area contributed by atoms with Gasteiger partial charge in [-0.15, -0.1) is 0 Å². The highest BCUT2D eigenvalue weighted by atomic mass is 19.4. The Bertz CT molecular complexity index is 1040. The van der Waals surface area contributed by atoms with E-state index in [0.29, 0.717) is 31.3 Å². The van der Waals surface area contributed by atoms with Gasteiger partial charge in [0.25, 0.3) is 0 Å². The molecule has 218 valence electrons. The van der Waals surface area contributed by atoms with Gasteiger partial charge in [0.2, 0.25) is 5.95 Å². The average Bonchev–Trinajstić information content (AvgIpc) is 2.89. The number of carboxylic acids is 1. The normalized spacial score (nSPS) is 18.2. The van der Waals surface area contributed by atoms with Gasteiger partial charge in [0.05, 0.1) is 17.4 Å². The van der Waals surface area contributed by atoms with Crippen molar-refractivity contribution >= 4 is 17.7 Å². The number of aliphatic hydroxyl groups excluding tert-OH is 1. The summed E-state index contributed by atoms with van der Waals surface area (Å²) in [6.07, 6.45) is 0.750. The quantitative estimate of drug-likeness (QED) is 0.294. The van der Waals surface area contributed by atoms with E-state index < -0.39 is 25.0 Å². The molecular formula is C25H35F5N6O3. The van der Waals surface area contributed by atoms with Gasteiger partial charge in [-0.1, -0.05) is 6.92 Å². The van der Waals surface area contributed by atoms with Gasteiger partial charge in [0.1, 0.15) is 18.7 Å². The van der Waals surface area contributed by atoms with Crippen LogP contribution in [0.1, 0.15) is 44.6 Å². The molecule has 1 saturated carbocycles. The monoisotopic (exact) mass is 562 g/mol. The Morgan fingerprint density at radius 1 is 1.23 bits per heavy atom. The van der Waals surface area contributed by atoms with Crippen molar-refractivity contribution in [1.29, 1.82) is 0 Å². The number of hydrogen-bond acceptors (Lipinski definition) is 8. The topological polar surface area (TPSA) is 124 Å². The zero-order valence-corrected chi connectivity index (χ0v) is 21.9. The smallest absolute Gasteiger partial charge is 0.475 e. The summed E-state index contributed by atoms with van der Waals surface area (Å²) in [4.78, 5) is 24.3. The lowest BCUT2D eigenvalue weighted by Crippen LogP contribution is -2.29. The third-order valence-corrected chi connectivity index (χ3v) is 6.01. The number of pyridine rings is 1. The second-order valence-corrected chi connectivity index (χ2v) is 9.27. The van der Waals surface area contributed by atoms with Crippen molar-refractivity contribution in [3.05, 3.63) is 30.1 Å². The van der Waals surface area contributed by atoms with Crippen LogP contribution < -0.4 is 10.6 Å². The van der Waals surface area contributed by atoms with Crippen molar-refractivity contribution in [2.75, 3.05) is 37.4 Å². The fraction of sp³-hybridized carbons (Fsp3) is 0.600. The van der Waals surface area contributed by atoms with E-state index >= 15 is 0 Å². The van der Waals surface area contributed by atoms with Crippen molar-refractivity contribution in [3.8, 4) is 11.3 Å². The molecule has 0 amide bonds. The molecule has 4 N–H and O–H groups in total.